The summed E-state index contributed by atoms with van der Waals surface area (Å²) in [6.45, 7) is 2.15. The third kappa shape index (κ3) is 5.51. The zero-order valence-corrected chi connectivity index (χ0v) is 29.6. The Morgan fingerprint density at radius 1 is 0.426 bits per heavy atom. The Kier molecular flexibility index (Phi) is 7.62. The van der Waals surface area contributed by atoms with Crippen LogP contribution in [0.1, 0.15) is 5.56 Å². The van der Waals surface area contributed by atoms with Crippen LogP contribution >= 0.6 is 0 Å². The van der Waals surface area contributed by atoms with Gasteiger partial charge in [0.25, 0.3) is 0 Å². The van der Waals surface area contributed by atoms with Gasteiger partial charge in [-0.1, -0.05) is 146 Å². The van der Waals surface area contributed by atoms with Crippen LogP contribution in [-0.4, -0.2) is 24.5 Å². The second-order valence-corrected chi connectivity index (χ2v) is 13.6. The summed E-state index contributed by atoms with van der Waals surface area (Å²) in [7, 11) is 0. The number of nitrogens with zero attached hydrogens (tertiary/aromatic N) is 5. The van der Waals surface area contributed by atoms with Crippen LogP contribution in [0, 0.1) is 6.92 Å². The molecule has 5 heteroatoms. The third-order valence-electron chi connectivity index (χ3n) is 10.2. The largest absolute Gasteiger partial charge is 0.309 e. The molecule has 0 amide bonds. The molecule has 5 nitrogen and oxygen atoms in total. The van der Waals surface area contributed by atoms with Crippen molar-refractivity contribution >= 4 is 32.7 Å². The lowest BCUT2D eigenvalue weighted by atomic mass is 9.91. The zero-order chi connectivity index (χ0) is 36.0. The highest BCUT2D eigenvalue weighted by molar-refractivity contribution is 6.09. The fourth-order valence-electron chi connectivity index (χ4n) is 7.55. The molecule has 254 valence electrons. The molecule has 0 saturated heterocycles. The molecule has 0 radical (unpaired) electrons. The Bertz CT molecular complexity index is 2910. The highest BCUT2D eigenvalue weighted by atomic mass is 15.0. The van der Waals surface area contributed by atoms with Gasteiger partial charge in [0.2, 0.25) is 0 Å². The topological polar surface area (TPSA) is 56.5 Å². The van der Waals surface area contributed by atoms with E-state index >= 15 is 0 Å². The van der Waals surface area contributed by atoms with Gasteiger partial charge in [-0.25, -0.2) is 15.0 Å². The van der Waals surface area contributed by atoms with Crippen molar-refractivity contribution < 1.29 is 0 Å². The predicted molar refractivity (Wildman–Crippen MR) is 221 cm³/mol. The van der Waals surface area contributed by atoms with Gasteiger partial charge < -0.3 is 4.57 Å². The zero-order valence-electron chi connectivity index (χ0n) is 29.6. The Hall–Kier alpha value is -7.24. The summed E-state index contributed by atoms with van der Waals surface area (Å²) in [5.74, 6) is 1.91. The molecule has 3 aromatic heterocycles. The van der Waals surface area contributed by atoms with Crippen LogP contribution < -0.4 is 0 Å². The van der Waals surface area contributed by atoms with Crippen molar-refractivity contribution in [2.75, 3.05) is 0 Å². The minimum Gasteiger partial charge on any atom is -0.309 e. The van der Waals surface area contributed by atoms with E-state index in [0.29, 0.717) is 17.5 Å². The molecular weight excluding hydrogens is 659 g/mol. The summed E-state index contributed by atoms with van der Waals surface area (Å²) in [5, 5.41) is 3.61. The molecule has 0 spiro atoms. The number of para-hydroxylation sites is 1. The van der Waals surface area contributed by atoms with Gasteiger partial charge in [-0.3, -0.25) is 4.98 Å². The van der Waals surface area contributed by atoms with E-state index in [1.807, 2.05) is 72.9 Å². The molecule has 0 aliphatic carbocycles. The first-order chi connectivity index (χ1) is 26.7. The smallest absolute Gasteiger partial charge is 0.164 e. The van der Waals surface area contributed by atoms with Crippen LogP contribution in [-0.2, 0) is 0 Å². The van der Waals surface area contributed by atoms with E-state index in [1.54, 1.807) is 0 Å². The lowest BCUT2D eigenvalue weighted by molar-refractivity contribution is 1.07. The number of benzene rings is 7. The van der Waals surface area contributed by atoms with Crippen LogP contribution in [0.5, 0.6) is 0 Å². The molecule has 0 saturated carbocycles. The fraction of sp³-hybridized carbons (Fsp3) is 0.0204. The maximum absolute atomic E-state index is 4.95. The molecule has 0 aliphatic heterocycles. The minimum absolute atomic E-state index is 0.626. The second-order valence-electron chi connectivity index (χ2n) is 13.6. The standard InChI is InChI=1S/C49H33N5/c1-32-18-28-42-41-16-8-9-17-43(41)54(44(42)31-32)39-26-23-33(24-27-39)40-29-25-35-15-10-30-50-46(35)45(40)34-19-21-38(22-20-34)49-52-47(36-11-4-2-5-12-36)51-48(53-49)37-13-6-3-7-14-37/h2-31H,1H3. The summed E-state index contributed by atoms with van der Waals surface area (Å²) in [5.41, 5.74) is 13.0. The van der Waals surface area contributed by atoms with E-state index in [0.717, 1.165) is 55.5 Å². The van der Waals surface area contributed by atoms with Gasteiger partial charge in [0, 0.05) is 50.3 Å². The molecular formula is C49H33N5. The van der Waals surface area contributed by atoms with E-state index in [1.165, 1.54) is 27.4 Å². The molecule has 3 heterocycles. The molecule has 10 rings (SSSR count). The van der Waals surface area contributed by atoms with E-state index in [-0.39, 0.29) is 0 Å². The van der Waals surface area contributed by atoms with Crippen molar-refractivity contribution in [3.63, 3.8) is 0 Å². The van der Waals surface area contributed by atoms with Gasteiger partial charge >= 0.3 is 0 Å². The summed E-state index contributed by atoms with van der Waals surface area (Å²) >= 11 is 0. The molecule has 7 aromatic carbocycles. The lowest BCUT2D eigenvalue weighted by Crippen LogP contribution is -2.00. The van der Waals surface area contributed by atoms with Crippen LogP contribution in [0.2, 0.25) is 0 Å². The SMILES string of the molecule is Cc1ccc2c3ccccc3n(-c3ccc(-c4ccc5cccnc5c4-c4ccc(-c5nc(-c6ccccc6)nc(-c6ccccc6)n5)cc4)cc3)c2c1. The molecule has 0 N–H and O–H groups in total. The first-order valence-corrected chi connectivity index (χ1v) is 18.1. The molecule has 54 heavy (non-hydrogen) atoms. The number of rotatable bonds is 6. The van der Waals surface area contributed by atoms with Crippen LogP contribution in [0.25, 0.3) is 94.8 Å². The number of hydrogen-bond donors (Lipinski definition) is 0. The number of hydrogen-bond acceptors (Lipinski definition) is 4. The summed E-state index contributed by atoms with van der Waals surface area (Å²) < 4.78 is 2.37. The maximum Gasteiger partial charge on any atom is 0.164 e. The quantitative estimate of drug-likeness (QED) is 0.174. The fourth-order valence-corrected chi connectivity index (χ4v) is 7.55. The summed E-state index contributed by atoms with van der Waals surface area (Å²) in [6.07, 6.45) is 1.87. The third-order valence-corrected chi connectivity index (χ3v) is 10.2. The lowest BCUT2D eigenvalue weighted by Gasteiger charge is -2.15. The van der Waals surface area contributed by atoms with Gasteiger partial charge in [-0.2, -0.15) is 0 Å². The first kappa shape index (κ1) is 31.5. The Morgan fingerprint density at radius 2 is 1.00 bits per heavy atom. The minimum atomic E-state index is 0.626. The van der Waals surface area contributed by atoms with Crippen molar-refractivity contribution in [2.24, 2.45) is 0 Å². The molecule has 0 unspecified atom stereocenters. The van der Waals surface area contributed by atoms with Crippen molar-refractivity contribution in [1.29, 1.82) is 0 Å². The van der Waals surface area contributed by atoms with Gasteiger partial charge in [-0.15, -0.1) is 0 Å². The molecule has 10 aromatic rings. The number of pyridine rings is 1. The van der Waals surface area contributed by atoms with E-state index in [9.17, 15) is 0 Å². The van der Waals surface area contributed by atoms with Crippen molar-refractivity contribution in [2.45, 2.75) is 6.92 Å². The average molecular weight is 692 g/mol. The van der Waals surface area contributed by atoms with E-state index in [4.69, 9.17) is 19.9 Å². The van der Waals surface area contributed by atoms with Gasteiger partial charge in [-0.05, 0) is 59.5 Å². The van der Waals surface area contributed by atoms with Gasteiger partial charge in [0.15, 0.2) is 17.5 Å². The number of aromatic nitrogens is 5. The molecule has 0 bridgehead atoms. The average Bonchev–Trinajstić information content (AvgIpc) is 3.57. The molecule has 0 aliphatic rings. The van der Waals surface area contributed by atoms with Gasteiger partial charge in [0.05, 0.1) is 16.6 Å². The second kappa shape index (κ2) is 13.1. The highest BCUT2D eigenvalue weighted by Gasteiger charge is 2.17. The molecule has 0 atom stereocenters. The normalized spacial score (nSPS) is 11.4. The Labute approximate surface area is 312 Å². The first-order valence-electron chi connectivity index (χ1n) is 18.1. The van der Waals surface area contributed by atoms with E-state index < -0.39 is 0 Å². The van der Waals surface area contributed by atoms with Crippen LogP contribution in [0.15, 0.2) is 182 Å². The van der Waals surface area contributed by atoms with Crippen LogP contribution in [0.3, 0.4) is 0 Å². The number of aryl methyl sites for hydroxylation is 1. The van der Waals surface area contributed by atoms with Crippen molar-refractivity contribution in [3.8, 4) is 62.1 Å². The summed E-state index contributed by atoms with van der Waals surface area (Å²) in [6, 6.07) is 61.4. The highest BCUT2D eigenvalue weighted by Crippen LogP contribution is 2.39. The van der Waals surface area contributed by atoms with E-state index in [2.05, 4.69) is 121 Å². The maximum atomic E-state index is 4.95. The van der Waals surface area contributed by atoms with Crippen molar-refractivity contribution in [1.82, 2.24) is 24.5 Å². The van der Waals surface area contributed by atoms with Gasteiger partial charge in [0.1, 0.15) is 0 Å². The monoisotopic (exact) mass is 691 g/mol. The van der Waals surface area contributed by atoms with Crippen LogP contribution in [0.4, 0.5) is 0 Å². The Balaban J connectivity index is 1.07. The number of fused-ring (bicyclic) bond motifs is 4. The summed E-state index contributed by atoms with van der Waals surface area (Å²) in [4.78, 5) is 19.7. The Morgan fingerprint density at radius 3 is 1.69 bits per heavy atom. The molecule has 0 fully saturated rings. The van der Waals surface area contributed by atoms with Crippen molar-refractivity contribution in [3.05, 3.63) is 188 Å². The predicted octanol–water partition coefficient (Wildman–Crippen LogP) is 12.2.